The Hall–Kier alpha value is -2.83. The predicted octanol–water partition coefficient (Wildman–Crippen LogP) is 0.370. The molecule has 4 rings (SSSR count). The van der Waals surface area contributed by atoms with Crippen LogP contribution < -0.4 is 4.74 Å². The Morgan fingerprint density at radius 2 is 1.93 bits per heavy atom. The van der Waals surface area contributed by atoms with Gasteiger partial charge in [-0.2, -0.15) is 14.4 Å². The van der Waals surface area contributed by atoms with Crippen LogP contribution in [-0.4, -0.2) is 76.2 Å². The van der Waals surface area contributed by atoms with E-state index < -0.39 is 10.0 Å². The second-order valence-electron chi connectivity index (χ2n) is 6.20. The third-order valence-corrected chi connectivity index (χ3v) is 6.40. The molecule has 1 N–H and O–H groups in total. The Bertz CT molecular complexity index is 1010. The van der Waals surface area contributed by atoms with Crippen LogP contribution in [0.1, 0.15) is 5.89 Å². The zero-order valence-corrected chi connectivity index (χ0v) is 16.0. The molecule has 0 spiro atoms. The molecule has 0 unspecified atom stereocenters. The SMILES string of the molecule is COc1ccc(S(=O)(=O)N2CCN(Cc3nc(-c4ncn[nH]4)no3)CC2)cc1. The number of H-pyrrole nitrogens is 1. The Morgan fingerprint density at radius 3 is 2.57 bits per heavy atom. The van der Waals surface area contributed by atoms with E-state index in [1.54, 1.807) is 31.4 Å². The van der Waals surface area contributed by atoms with Gasteiger partial charge >= 0.3 is 0 Å². The summed E-state index contributed by atoms with van der Waals surface area (Å²) in [4.78, 5) is 10.6. The molecule has 1 aliphatic heterocycles. The Morgan fingerprint density at radius 1 is 1.18 bits per heavy atom. The summed E-state index contributed by atoms with van der Waals surface area (Å²) in [6.45, 7) is 2.34. The highest BCUT2D eigenvalue weighted by molar-refractivity contribution is 7.89. The lowest BCUT2D eigenvalue weighted by atomic mass is 10.3. The fourth-order valence-electron chi connectivity index (χ4n) is 2.94. The van der Waals surface area contributed by atoms with Gasteiger partial charge in [-0.3, -0.25) is 10.00 Å². The van der Waals surface area contributed by atoms with Gasteiger partial charge < -0.3 is 9.26 Å². The third-order valence-electron chi connectivity index (χ3n) is 4.48. The number of ether oxygens (including phenoxy) is 1. The van der Waals surface area contributed by atoms with Crippen LogP contribution in [0, 0.1) is 0 Å². The maximum atomic E-state index is 12.8. The van der Waals surface area contributed by atoms with Crippen molar-refractivity contribution in [2.75, 3.05) is 33.3 Å². The summed E-state index contributed by atoms with van der Waals surface area (Å²) in [5, 5.41) is 10.3. The normalized spacial score (nSPS) is 16.3. The summed E-state index contributed by atoms with van der Waals surface area (Å²) in [5.41, 5.74) is 0. The van der Waals surface area contributed by atoms with Gasteiger partial charge in [0, 0.05) is 26.2 Å². The van der Waals surface area contributed by atoms with Crippen LogP contribution in [0.5, 0.6) is 5.75 Å². The first-order chi connectivity index (χ1) is 13.6. The number of methoxy groups -OCH3 is 1. The second kappa shape index (κ2) is 7.66. The number of piperazine rings is 1. The first-order valence-corrected chi connectivity index (χ1v) is 10.0. The molecule has 11 nitrogen and oxygen atoms in total. The zero-order valence-electron chi connectivity index (χ0n) is 15.1. The number of nitrogens with one attached hydrogen (secondary N) is 1. The summed E-state index contributed by atoms with van der Waals surface area (Å²) in [7, 11) is -1.99. The quantitative estimate of drug-likeness (QED) is 0.618. The van der Waals surface area contributed by atoms with Crippen molar-refractivity contribution in [1.82, 2.24) is 34.5 Å². The van der Waals surface area contributed by atoms with E-state index in [2.05, 4.69) is 30.2 Å². The molecule has 1 aromatic carbocycles. The Kier molecular flexibility index (Phi) is 5.07. The highest BCUT2D eigenvalue weighted by Gasteiger charge is 2.29. The smallest absolute Gasteiger partial charge is 0.243 e. The molecule has 0 amide bonds. The number of aromatic amines is 1. The van der Waals surface area contributed by atoms with Crippen LogP contribution in [0.4, 0.5) is 0 Å². The van der Waals surface area contributed by atoms with E-state index in [9.17, 15) is 8.42 Å². The largest absolute Gasteiger partial charge is 0.497 e. The molecule has 148 valence electrons. The lowest BCUT2D eigenvalue weighted by molar-refractivity contribution is 0.163. The molecule has 0 aliphatic carbocycles. The van der Waals surface area contributed by atoms with Crippen molar-refractivity contribution in [3.63, 3.8) is 0 Å². The van der Waals surface area contributed by atoms with Crippen LogP contribution in [-0.2, 0) is 16.6 Å². The third kappa shape index (κ3) is 3.74. The molecule has 3 aromatic rings. The molecule has 1 fully saturated rings. The van der Waals surface area contributed by atoms with Crippen molar-refractivity contribution in [1.29, 1.82) is 0 Å². The number of hydrogen-bond donors (Lipinski definition) is 1. The number of rotatable bonds is 6. The molecular weight excluding hydrogens is 386 g/mol. The van der Waals surface area contributed by atoms with Crippen LogP contribution in [0.25, 0.3) is 11.6 Å². The monoisotopic (exact) mass is 405 g/mol. The van der Waals surface area contributed by atoms with Gasteiger partial charge in [-0.15, -0.1) is 0 Å². The van der Waals surface area contributed by atoms with E-state index in [0.717, 1.165) is 0 Å². The second-order valence-corrected chi connectivity index (χ2v) is 8.14. The molecule has 1 aliphatic rings. The van der Waals surface area contributed by atoms with Gasteiger partial charge in [0.1, 0.15) is 12.1 Å². The molecule has 3 heterocycles. The molecule has 12 heteroatoms. The minimum atomic E-state index is -3.53. The van der Waals surface area contributed by atoms with Crippen LogP contribution in [0.15, 0.2) is 40.0 Å². The molecule has 0 radical (unpaired) electrons. The molecule has 0 atom stereocenters. The average molecular weight is 405 g/mol. The number of aromatic nitrogens is 5. The van der Waals surface area contributed by atoms with Crippen molar-refractivity contribution in [3.05, 3.63) is 36.5 Å². The molecule has 0 bridgehead atoms. The first kappa shape index (κ1) is 18.5. The predicted molar refractivity (Wildman–Crippen MR) is 96.7 cm³/mol. The lowest BCUT2D eigenvalue weighted by Crippen LogP contribution is -2.48. The fourth-order valence-corrected chi connectivity index (χ4v) is 4.37. The maximum Gasteiger partial charge on any atom is 0.243 e. The number of sulfonamides is 1. The van der Waals surface area contributed by atoms with E-state index >= 15 is 0 Å². The van der Waals surface area contributed by atoms with Crippen LogP contribution in [0.3, 0.4) is 0 Å². The van der Waals surface area contributed by atoms with Gasteiger partial charge in [0.25, 0.3) is 0 Å². The minimum absolute atomic E-state index is 0.260. The molecule has 2 aromatic heterocycles. The Labute approximate surface area is 161 Å². The van der Waals surface area contributed by atoms with Gasteiger partial charge in [0.2, 0.25) is 21.7 Å². The fraction of sp³-hybridized carbons (Fsp3) is 0.375. The lowest BCUT2D eigenvalue weighted by Gasteiger charge is -2.33. The molecular formula is C16H19N7O4S. The summed E-state index contributed by atoms with van der Waals surface area (Å²) in [6, 6.07) is 6.41. The van der Waals surface area contributed by atoms with Gasteiger partial charge in [0.15, 0.2) is 5.82 Å². The molecule has 0 saturated carbocycles. The van der Waals surface area contributed by atoms with Gasteiger partial charge in [-0.05, 0) is 24.3 Å². The van der Waals surface area contributed by atoms with Crippen molar-refractivity contribution in [3.8, 4) is 17.4 Å². The van der Waals surface area contributed by atoms with E-state index in [1.807, 2.05) is 0 Å². The van der Waals surface area contributed by atoms with E-state index in [-0.39, 0.29) is 4.90 Å². The standard InChI is InChI=1S/C16H19N7O4S/c1-26-12-2-4-13(5-3-12)28(24,25)23-8-6-22(7-9-23)10-14-19-16(21-27-14)15-17-11-18-20-15/h2-5,11H,6-10H2,1H3,(H,17,18,20). The Balaban J connectivity index is 1.36. The van der Waals surface area contributed by atoms with Gasteiger partial charge in [-0.25, -0.2) is 13.4 Å². The molecule has 28 heavy (non-hydrogen) atoms. The van der Waals surface area contributed by atoms with Gasteiger partial charge in [0.05, 0.1) is 18.6 Å². The summed E-state index contributed by atoms with van der Waals surface area (Å²) in [6.07, 6.45) is 1.37. The molecule has 1 saturated heterocycles. The van der Waals surface area contributed by atoms with Crippen molar-refractivity contribution in [2.45, 2.75) is 11.4 Å². The van der Waals surface area contributed by atoms with E-state index in [0.29, 0.717) is 56.0 Å². The van der Waals surface area contributed by atoms with E-state index in [1.165, 1.54) is 10.6 Å². The van der Waals surface area contributed by atoms with Crippen molar-refractivity contribution in [2.24, 2.45) is 0 Å². The number of benzene rings is 1. The van der Waals surface area contributed by atoms with Crippen LogP contribution >= 0.6 is 0 Å². The van der Waals surface area contributed by atoms with E-state index in [4.69, 9.17) is 9.26 Å². The summed E-state index contributed by atoms with van der Waals surface area (Å²) in [5.74, 6) is 1.84. The highest BCUT2D eigenvalue weighted by atomic mass is 32.2. The maximum absolute atomic E-state index is 12.8. The zero-order chi connectivity index (χ0) is 19.6. The van der Waals surface area contributed by atoms with Gasteiger partial charge in [-0.1, -0.05) is 5.16 Å². The number of nitrogens with zero attached hydrogens (tertiary/aromatic N) is 6. The summed E-state index contributed by atoms with van der Waals surface area (Å²) >= 11 is 0. The highest BCUT2D eigenvalue weighted by Crippen LogP contribution is 2.21. The first-order valence-electron chi connectivity index (χ1n) is 8.61. The van der Waals surface area contributed by atoms with Crippen molar-refractivity contribution < 1.29 is 17.7 Å². The summed E-state index contributed by atoms with van der Waals surface area (Å²) < 4.78 is 37.4. The number of hydrogen-bond acceptors (Lipinski definition) is 9. The average Bonchev–Trinajstić information content (AvgIpc) is 3.40. The minimum Gasteiger partial charge on any atom is -0.497 e. The topological polar surface area (TPSA) is 130 Å². The van der Waals surface area contributed by atoms with Crippen molar-refractivity contribution >= 4 is 10.0 Å². The van der Waals surface area contributed by atoms with Crippen LogP contribution in [0.2, 0.25) is 0 Å².